The van der Waals surface area contributed by atoms with Gasteiger partial charge >= 0.3 is 13.3 Å². The Morgan fingerprint density at radius 3 is 2.54 bits per heavy atom. The first-order chi connectivity index (χ1) is 23.6. The lowest BCUT2D eigenvalue weighted by molar-refractivity contribution is -0.148. The topological polar surface area (TPSA) is 177 Å². The molecule has 2 aromatic carbocycles. The molecule has 4 atom stereocenters. The fourth-order valence-corrected chi connectivity index (χ4v) is 9.16. The maximum Gasteiger partial charge on any atom is 0.399 e. The second kappa shape index (κ2) is 12.2. The van der Waals surface area contributed by atoms with Crippen LogP contribution in [0.4, 0.5) is 14.5 Å². The van der Waals surface area contributed by atoms with E-state index >= 15 is 0 Å². The van der Waals surface area contributed by atoms with E-state index in [1.807, 2.05) is 24.3 Å². The molecule has 0 radical (unpaired) electrons. The van der Waals surface area contributed by atoms with Crippen LogP contribution in [0.5, 0.6) is 0 Å². The van der Waals surface area contributed by atoms with Crippen molar-refractivity contribution in [2.75, 3.05) is 31.5 Å². The fourth-order valence-electron chi connectivity index (χ4n) is 7.74. The van der Waals surface area contributed by atoms with Crippen molar-refractivity contribution in [3.8, 4) is 0 Å². The van der Waals surface area contributed by atoms with Gasteiger partial charge in [-0.1, -0.05) is 24.3 Å². The van der Waals surface area contributed by atoms with Crippen molar-refractivity contribution < 1.29 is 47.1 Å². The summed E-state index contributed by atoms with van der Waals surface area (Å²) in [6, 6.07) is 9.26. The van der Waals surface area contributed by atoms with Gasteiger partial charge in [-0.2, -0.15) is 8.78 Å². The number of alkyl halides is 2. The highest BCUT2D eigenvalue weighted by atomic mass is 32.1. The van der Waals surface area contributed by atoms with E-state index in [-0.39, 0.29) is 47.1 Å². The SMILES string of the molecule is CC(=O)N1CC[C@H]2CC[C@@H](C(=O)N3CCC4(C3)C(=O)Nc3ccccc34)N2C(=O)[C@@H](NC(=O)c2cc3cc(C(F)(F)P(=O)(O)O)ccc3s2)C1. The number of para-hydroxylation sites is 1. The Hall–Kier alpha value is -4.24. The van der Waals surface area contributed by atoms with Crippen LogP contribution in [0, 0.1) is 0 Å². The second-order valence-corrected chi connectivity index (χ2v) is 16.0. The Morgan fingerprint density at radius 2 is 1.80 bits per heavy atom. The first-order valence-corrected chi connectivity index (χ1v) is 18.6. The first kappa shape index (κ1) is 34.2. The number of hydrogen-bond acceptors (Lipinski definition) is 7. The summed E-state index contributed by atoms with van der Waals surface area (Å²) >= 11 is 0.935. The Labute approximate surface area is 288 Å². The van der Waals surface area contributed by atoms with Crippen LogP contribution in [0.2, 0.25) is 0 Å². The van der Waals surface area contributed by atoms with Crippen LogP contribution in [0.25, 0.3) is 10.1 Å². The zero-order chi connectivity index (χ0) is 35.7. The van der Waals surface area contributed by atoms with Crippen molar-refractivity contribution in [3.05, 3.63) is 64.5 Å². The third-order valence-corrected chi connectivity index (χ3v) is 12.5. The van der Waals surface area contributed by atoms with Gasteiger partial charge in [0.1, 0.15) is 12.1 Å². The molecule has 3 fully saturated rings. The van der Waals surface area contributed by atoms with Crippen LogP contribution in [0.3, 0.4) is 0 Å². The van der Waals surface area contributed by atoms with E-state index in [0.29, 0.717) is 43.5 Å². The molecule has 0 saturated carbocycles. The van der Waals surface area contributed by atoms with Crippen LogP contribution in [-0.2, 0) is 34.8 Å². The molecule has 4 aliphatic heterocycles. The zero-order valence-electron chi connectivity index (χ0n) is 26.8. The van der Waals surface area contributed by atoms with E-state index in [0.717, 1.165) is 34.7 Å². The number of carbonyl (C=O) groups is 5. The highest BCUT2D eigenvalue weighted by Crippen LogP contribution is 2.59. The number of likely N-dealkylation sites (tertiary alicyclic amines) is 1. The molecule has 1 aromatic heterocycles. The van der Waals surface area contributed by atoms with Gasteiger partial charge in [-0.3, -0.25) is 28.5 Å². The van der Waals surface area contributed by atoms with Gasteiger partial charge in [0.2, 0.25) is 23.6 Å². The number of fused-ring (bicyclic) bond motifs is 4. The Balaban J connectivity index is 1.13. The van der Waals surface area contributed by atoms with Crippen LogP contribution in [0.15, 0.2) is 48.5 Å². The molecule has 5 heterocycles. The molecule has 17 heteroatoms. The highest BCUT2D eigenvalue weighted by molar-refractivity contribution is 7.52. The van der Waals surface area contributed by atoms with Crippen LogP contribution >= 0.6 is 18.9 Å². The predicted molar refractivity (Wildman–Crippen MR) is 177 cm³/mol. The molecule has 0 bridgehead atoms. The molecule has 5 amide bonds. The van der Waals surface area contributed by atoms with E-state index in [9.17, 15) is 37.3 Å². The molecule has 0 aliphatic carbocycles. The minimum Gasteiger partial charge on any atom is -0.340 e. The molecule has 1 spiro atoms. The standard InChI is InChI=1S/C33H34F2N5O8PS/c1-18(41)38-12-10-21-7-8-25(30(44)39-13-11-32(17-39)22-4-2-3-5-23(22)37-31(32)45)40(21)29(43)24(16-38)36-28(42)27-15-19-14-20(6-9-26(19)50-27)33(34,35)49(46,47)48/h2-6,9,14-15,21,24-25H,7-8,10-13,16-17H2,1H3,(H,36,42)(H,37,45)(H2,46,47,48)/t21-,24+,25+,32?/m1/s1. The Kier molecular flexibility index (Phi) is 8.36. The maximum absolute atomic E-state index is 14.4. The Bertz CT molecular complexity index is 2000. The molecule has 264 valence electrons. The van der Waals surface area contributed by atoms with Crippen molar-refractivity contribution in [2.24, 2.45) is 0 Å². The molecular formula is C33H34F2N5O8PS. The highest BCUT2D eigenvalue weighted by Gasteiger charge is 2.54. The number of nitrogens with one attached hydrogen (secondary N) is 2. The normalized spacial score (nSPS) is 25.4. The number of carbonyl (C=O) groups excluding carboxylic acids is 5. The molecule has 3 saturated heterocycles. The quantitative estimate of drug-likeness (QED) is 0.290. The molecule has 13 nitrogen and oxygen atoms in total. The monoisotopic (exact) mass is 729 g/mol. The number of thiophene rings is 1. The maximum atomic E-state index is 14.4. The van der Waals surface area contributed by atoms with Gasteiger partial charge < -0.3 is 35.1 Å². The summed E-state index contributed by atoms with van der Waals surface area (Å²) in [5.74, 6) is -2.00. The van der Waals surface area contributed by atoms with Gasteiger partial charge in [0.25, 0.3) is 5.91 Å². The number of nitrogens with zero attached hydrogens (tertiary/aromatic N) is 3. The molecule has 3 aromatic rings. The van der Waals surface area contributed by atoms with Crippen LogP contribution < -0.4 is 10.6 Å². The van der Waals surface area contributed by atoms with Gasteiger partial charge in [-0.15, -0.1) is 11.3 Å². The summed E-state index contributed by atoms with van der Waals surface area (Å²) in [4.78, 5) is 90.7. The summed E-state index contributed by atoms with van der Waals surface area (Å²) in [5, 5.41) is 5.77. The lowest BCUT2D eigenvalue weighted by Crippen LogP contribution is -2.61. The average Bonchev–Trinajstić information content (AvgIpc) is 3.85. The summed E-state index contributed by atoms with van der Waals surface area (Å²) in [6.45, 7) is 2.00. The Morgan fingerprint density at radius 1 is 1.04 bits per heavy atom. The van der Waals surface area contributed by atoms with E-state index in [1.54, 1.807) is 4.90 Å². The number of anilines is 1. The largest absolute Gasteiger partial charge is 0.399 e. The van der Waals surface area contributed by atoms with Crippen molar-refractivity contribution in [2.45, 2.75) is 61.8 Å². The molecular weight excluding hydrogens is 695 g/mol. The van der Waals surface area contributed by atoms with E-state index in [4.69, 9.17) is 9.79 Å². The van der Waals surface area contributed by atoms with Gasteiger partial charge in [-0.25, -0.2) is 0 Å². The number of amides is 5. The van der Waals surface area contributed by atoms with Crippen molar-refractivity contribution in [1.29, 1.82) is 0 Å². The van der Waals surface area contributed by atoms with Crippen molar-refractivity contribution in [3.63, 3.8) is 0 Å². The van der Waals surface area contributed by atoms with E-state index in [2.05, 4.69) is 10.6 Å². The lowest BCUT2D eigenvalue weighted by Gasteiger charge is -2.39. The number of hydrogen-bond donors (Lipinski definition) is 4. The van der Waals surface area contributed by atoms with Gasteiger partial charge in [0.05, 0.1) is 10.3 Å². The van der Waals surface area contributed by atoms with Gasteiger partial charge in [0, 0.05) is 55.1 Å². The lowest BCUT2D eigenvalue weighted by atomic mass is 9.81. The minimum absolute atomic E-state index is 0.0453. The molecule has 50 heavy (non-hydrogen) atoms. The number of halogens is 2. The van der Waals surface area contributed by atoms with Crippen molar-refractivity contribution in [1.82, 2.24) is 20.0 Å². The summed E-state index contributed by atoms with van der Waals surface area (Å²) in [6.07, 6.45) is 1.76. The summed E-state index contributed by atoms with van der Waals surface area (Å²) < 4.78 is 40.5. The first-order valence-electron chi connectivity index (χ1n) is 16.2. The molecule has 1 unspecified atom stereocenters. The third kappa shape index (κ3) is 5.58. The zero-order valence-corrected chi connectivity index (χ0v) is 28.5. The third-order valence-electron chi connectivity index (χ3n) is 10.4. The molecule has 4 aliphatic rings. The predicted octanol–water partition coefficient (Wildman–Crippen LogP) is 2.96. The molecule has 7 rings (SSSR count). The second-order valence-electron chi connectivity index (χ2n) is 13.3. The van der Waals surface area contributed by atoms with Crippen LogP contribution in [0.1, 0.15) is 53.4 Å². The number of benzene rings is 2. The fraction of sp³-hybridized carbons (Fsp3) is 0.424. The van der Waals surface area contributed by atoms with Gasteiger partial charge in [-0.05, 0) is 60.9 Å². The number of rotatable bonds is 5. The average molecular weight is 730 g/mol. The summed E-state index contributed by atoms with van der Waals surface area (Å²) in [7, 11) is -5.81. The summed E-state index contributed by atoms with van der Waals surface area (Å²) in [5.41, 5.74) is -4.66. The van der Waals surface area contributed by atoms with E-state index in [1.165, 1.54) is 28.9 Å². The van der Waals surface area contributed by atoms with Gasteiger partial charge in [0.15, 0.2) is 0 Å². The smallest absolute Gasteiger partial charge is 0.340 e. The minimum atomic E-state index is -5.81. The van der Waals surface area contributed by atoms with Crippen molar-refractivity contribution >= 4 is 64.2 Å². The van der Waals surface area contributed by atoms with Crippen LogP contribution in [-0.4, -0.2) is 98.3 Å². The molecule has 4 N–H and O–H groups in total. The van der Waals surface area contributed by atoms with E-state index < -0.39 is 48.1 Å².